The zero-order valence-corrected chi connectivity index (χ0v) is 10.4. The number of nitrogens with one attached hydrogen (secondary N) is 1. The number of halogens is 4. The molecule has 0 aliphatic heterocycles. The average molecular weight is 299 g/mol. The molecule has 0 heterocycles. The number of alkyl halides is 3. The van der Waals surface area contributed by atoms with Gasteiger partial charge in [-0.2, -0.15) is 13.2 Å². The minimum absolute atomic E-state index is 0.419. The smallest absolute Gasteiger partial charge is 0.418 e. The molecule has 0 radical (unpaired) electrons. The van der Waals surface area contributed by atoms with E-state index in [1.54, 1.807) is 0 Å². The topological polar surface area (TPSA) is 49.3 Å². The minimum Gasteiger partial charge on any atom is -0.478 e. The zero-order chi connectivity index (χ0) is 15.6. The first-order chi connectivity index (χ1) is 9.80. The summed E-state index contributed by atoms with van der Waals surface area (Å²) in [5, 5.41) is 11.2. The largest absolute Gasteiger partial charge is 0.478 e. The lowest BCUT2D eigenvalue weighted by Crippen LogP contribution is -2.11. The number of carboxylic acids is 1. The van der Waals surface area contributed by atoms with E-state index in [-0.39, 0.29) is 0 Å². The highest BCUT2D eigenvalue weighted by Crippen LogP contribution is 2.36. The number of benzene rings is 2. The van der Waals surface area contributed by atoms with Crippen molar-refractivity contribution in [3.8, 4) is 0 Å². The van der Waals surface area contributed by atoms with Gasteiger partial charge < -0.3 is 10.4 Å². The third-order valence-electron chi connectivity index (χ3n) is 2.74. The van der Waals surface area contributed by atoms with Crippen LogP contribution in [0.15, 0.2) is 42.5 Å². The molecule has 0 aromatic heterocycles. The molecule has 0 bridgehead atoms. The molecule has 0 saturated heterocycles. The summed E-state index contributed by atoms with van der Waals surface area (Å²) < 4.78 is 52.3. The van der Waals surface area contributed by atoms with Gasteiger partial charge in [-0.05, 0) is 24.3 Å². The van der Waals surface area contributed by atoms with Crippen LogP contribution in [0.25, 0.3) is 0 Å². The van der Waals surface area contributed by atoms with Crippen molar-refractivity contribution in [1.29, 1.82) is 0 Å². The normalized spacial score (nSPS) is 11.2. The molecular weight excluding hydrogens is 290 g/mol. The highest BCUT2D eigenvalue weighted by Gasteiger charge is 2.33. The van der Waals surface area contributed by atoms with Gasteiger partial charge in [0.15, 0.2) is 0 Å². The van der Waals surface area contributed by atoms with Crippen molar-refractivity contribution < 1.29 is 27.5 Å². The first kappa shape index (κ1) is 14.8. The van der Waals surface area contributed by atoms with Crippen molar-refractivity contribution in [2.24, 2.45) is 0 Å². The van der Waals surface area contributed by atoms with Gasteiger partial charge in [-0.15, -0.1) is 0 Å². The summed E-state index contributed by atoms with van der Waals surface area (Å²) in [5.41, 5.74) is -2.39. The number of rotatable bonds is 3. The highest BCUT2D eigenvalue weighted by molar-refractivity contribution is 5.95. The Hall–Kier alpha value is -2.57. The Labute approximate surface area is 116 Å². The molecule has 110 valence electrons. The van der Waals surface area contributed by atoms with E-state index in [1.165, 1.54) is 18.2 Å². The molecule has 0 unspecified atom stereocenters. The van der Waals surface area contributed by atoms with E-state index in [4.69, 9.17) is 5.11 Å². The van der Waals surface area contributed by atoms with Gasteiger partial charge >= 0.3 is 12.1 Å². The summed E-state index contributed by atoms with van der Waals surface area (Å²) >= 11 is 0. The van der Waals surface area contributed by atoms with Gasteiger partial charge in [0, 0.05) is 0 Å². The van der Waals surface area contributed by atoms with Crippen LogP contribution in [-0.2, 0) is 6.18 Å². The number of hydrogen-bond donors (Lipinski definition) is 2. The maximum Gasteiger partial charge on any atom is 0.418 e. The molecule has 0 aliphatic carbocycles. The molecule has 0 spiro atoms. The van der Waals surface area contributed by atoms with Crippen LogP contribution in [0, 0.1) is 5.82 Å². The average Bonchev–Trinajstić information content (AvgIpc) is 2.40. The van der Waals surface area contributed by atoms with E-state index in [0.29, 0.717) is 0 Å². The van der Waals surface area contributed by atoms with Crippen molar-refractivity contribution in [1.82, 2.24) is 0 Å². The second-order valence-corrected chi connectivity index (χ2v) is 4.14. The molecule has 2 aromatic carbocycles. The molecule has 3 nitrogen and oxygen atoms in total. The first-order valence-corrected chi connectivity index (χ1v) is 5.76. The van der Waals surface area contributed by atoms with Crippen molar-refractivity contribution in [3.05, 3.63) is 59.4 Å². The van der Waals surface area contributed by atoms with Crippen LogP contribution in [-0.4, -0.2) is 11.1 Å². The predicted octanol–water partition coefficient (Wildman–Crippen LogP) is 4.29. The molecule has 2 aromatic rings. The second kappa shape index (κ2) is 5.43. The van der Waals surface area contributed by atoms with Crippen LogP contribution in [0.5, 0.6) is 0 Å². The monoisotopic (exact) mass is 299 g/mol. The molecule has 0 atom stereocenters. The van der Waals surface area contributed by atoms with Crippen molar-refractivity contribution in [3.63, 3.8) is 0 Å². The van der Waals surface area contributed by atoms with Crippen LogP contribution >= 0.6 is 0 Å². The summed E-state index contributed by atoms with van der Waals surface area (Å²) in [6.07, 6.45) is -4.64. The number of para-hydroxylation sites is 2. The standard InChI is InChI=1S/C14H9F4NO2/c15-10-6-3-4-8(13(20)21)12(10)19-11-7-2-1-5-9(11)14(16,17)18/h1-7,19H,(H,20,21). The Morgan fingerprint density at radius 1 is 1.05 bits per heavy atom. The second-order valence-electron chi connectivity index (χ2n) is 4.14. The molecular formula is C14H9F4NO2. The van der Waals surface area contributed by atoms with Crippen LogP contribution < -0.4 is 5.32 Å². The Balaban J connectivity index is 2.52. The molecule has 21 heavy (non-hydrogen) atoms. The summed E-state index contributed by atoms with van der Waals surface area (Å²) in [7, 11) is 0. The number of carbonyl (C=O) groups is 1. The zero-order valence-electron chi connectivity index (χ0n) is 10.4. The lowest BCUT2D eigenvalue weighted by atomic mass is 10.1. The number of anilines is 2. The lowest BCUT2D eigenvalue weighted by molar-refractivity contribution is -0.136. The highest BCUT2D eigenvalue weighted by atomic mass is 19.4. The molecule has 0 fully saturated rings. The van der Waals surface area contributed by atoms with Crippen LogP contribution in [0.1, 0.15) is 15.9 Å². The van der Waals surface area contributed by atoms with E-state index >= 15 is 0 Å². The van der Waals surface area contributed by atoms with Gasteiger partial charge in [-0.3, -0.25) is 0 Å². The molecule has 0 amide bonds. The molecule has 7 heteroatoms. The fourth-order valence-electron chi connectivity index (χ4n) is 1.80. The van der Waals surface area contributed by atoms with Crippen molar-refractivity contribution in [2.75, 3.05) is 5.32 Å². The number of carboxylic acid groups (broad SMARTS) is 1. The molecule has 0 aliphatic rings. The lowest BCUT2D eigenvalue weighted by Gasteiger charge is -2.16. The van der Waals surface area contributed by atoms with Crippen LogP contribution in [0.4, 0.5) is 28.9 Å². The molecule has 0 saturated carbocycles. The summed E-state index contributed by atoms with van der Waals surface area (Å²) in [6, 6.07) is 7.67. The van der Waals surface area contributed by atoms with Gasteiger partial charge in [0.2, 0.25) is 0 Å². The van der Waals surface area contributed by atoms with E-state index in [1.807, 2.05) is 0 Å². The molecule has 2 rings (SSSR count). The Morgan fingerprint density at radius 2 is 1.71 bits per heavy atom. The maximum absolute atomic E-state index is 13.7. The van der Waals surface area contributed by atoms with E-state index in [9.17, 15) is 22.4 Å². The maximum atomic E-state index is 13.7. The van der Waals surface area contributed by atoms with Crippen LogP contribution in [0.2, 0.25) is 0 Å². The Kier molecular flexibility index (Phi) is 3.84. The van der Waals surface area contributed by atoms with Crippen molar-refractivity contribution >= 4 is 17.3 Å². The fourth-order valence-corrected chi connectivity index (χ4v) is 1.80. The minimum atomic E-state index is -4.64. The molecule has 2 N–H and O–H groups in total. The number of hydrogen-bond acceptors (Lipinski definition) is 2. The van der Waals surface area contributed by atoms with Gasteiger partial charge in [-0.25, -0.2) is 9.18 Å². The first-order valence-electron chi connectivity index (χ1n) is 5.76. The van der Waals surface area contributed by atoms with Crippen LogP contribution in [0.3, 0.4) is 0 Å². The third kappa shape index (κ3) is 3.13. The van der Waals surface area contributed by atoms with E-state index in [0.717, 1.165) is 24.3 Å². The summed E-state index contributed by atoms with van der Waals surface area (Å²) in [5.74, 6) is -2.40. The Morgan fingerprint density at radius 3 is 2.33 bits per heavy atom. The summed E-state index contributed by atoms with van der Waals surface area (Å²) in [6.45, 7) is 0. The van der Waals surface area contributed by atoms with E-state index < -0.39 is 40.5 Å². The summed E-state index contributed by atoms with van der Waals surface area (Å²) in [4.78, 5) is 11.0. The van der Waals surface area contributed by atoms with Gasteiger partial charge in [0.25, 0.3) is 0 Å². The predicted molar refractivity (Wildman–Crippen MR) is 68.1 cm³/mol. The van der Waals surface area contributed by atoms with Gasteiger partial charge in [0.05, 0.1) is 22.5 Å². The van der Waals surface area contributed by atoms with E-state index in [2.05, 4.69) is 5.32 Å². The van der Waals surface area contributed by atoms with Gasteiger partial charge in [-0.1, -0.05) is 18.2 Å². The third-order valence-corrected chi connectivity index (χ3v) is 2.74. The van der Waals surface area contributed by atoms with Crippen molar-refractivity contribution in [2.45, 2.75) is 6.18 Å². The fraction of sp³-hybridized carbons (Fsp3) is 0.0714. The SMILES string of the molecule is O=C(O)c1cccc(F)c1Nc1ccccc1C(F)(F)F. The number of aromatic carboxylic acids is 1. The van der Waals surface area contributed by atoms with Gasteiger partial charge in [0.1, 0.15) is 5.82 Å². The Bertz CT molecular complexity index is 683. The quantitative estimate of drug-likeness (QED) is 0.831.